The van der Waals surface area contributed by atoms with Crippen molar-refractivity contribution in [2.45, 2.75) is 90.4 Å². The lowest BCUT2D eigenvalue weighted by Gasteiger charge is -2.30. The number of aryl methyl sites for hydroxylation is 1. The van der Waals surface area contributed by atoms with E-state index in [4.69, 9.17) is 0 Å². The third kappa shape index (κ3) is 6.25. The Kier molecular flexibility index (Phi) is 7.77. The van der Waals surface area contributed by atoms with Crippen molar-refractivity contribution in [1.29, 1.82) is 0 Å². The second-order valence-corrected chi connectivity index (χ2v) is 8.88. The molecule has 0 spiro atoms. The SMILES string of the molecule is CCC[C@H]1CC[C@H](CCC2CC=C(CCc3ccc(F)cc3)CC2)CC1. The summed E-state index contributed by atoms with van der Waals surface area (Å²) in [4.78, 5) is 0. The normalized spacial score (nSPS) is 26.5. The van der Waals surface area contributed by atoms with Crippen LogP contribution in [0.3, 0.4) is 0 Å². The van der Waals surface area contributed by atoms with Gasteiger partial charge in [-0.1, -0.05) is 75.7 Å². The van der Waals surface area contributed by atoms with E-state index >= 15 is 0 Å². The molecule has 0 amide bonds. The Morgan fingerprint density at radius 2 is 1.46 bits per heavy atom. The fraction of sp³-hybridized carbons (Fsp3) is 0.680. The largest absolute Gasteiger partial charge is 0.207 e. The van der Waals surface area contributed by atoms with E-state index in [-0.39, 0.29) is 5.82 Å². The molecule has 1 atom stereocenters. The van der Waals surface area contributed by atoms with E-state index in [0.29, 0.717) is 0 Å². The molecule has 1 heteroatoms. The molecule has 0 saturated heterocycles. The summed E-state index contributed by atoms with van der Waals surface area (Å²) in [6.45, 7) is 2.33. The predicted molar refractivity (Wildman–Crippen MR) is 110 cm³/mol. The van der Waals surface area contributed by atoms with Gasteiger partial charge < -0.3 is 0 Å². The summed E-state index contributed by atoms with van der Waals surface area (Å²) in [6.07, 6.45) is 20.4. The van der Waals surface area contributed by atoms with Crippen LogP contribution in [0.25, 0.3) is 0 Å². The van der Waals surface area contributed by atoms with E-state index in [1.165, 1.54) is 76.2 Å². The summed E-state index contributed by atoms with van der Waals surface area (Å²) >= 11 is 0. The second-order valence-electron chi connectivity index (χ2n) is 8.88. The van der Waals surface area contributed by atoms with Gasteiger partial charge in [0.25, 0.3) is 0 Å². The van der Waals surface area contributed by atoms with Crippen LogP contribution in [0.4, 0.5) is 4.39 Å². The Morgan fingerprint density at radius 3 is 2.08 bits per heavy atom. The van der Waals surface area contributed by atoms with Gasteiger partial charge in [0.15, 0.2) is 0 Å². The van der Waals surface area contributed by atoms with Crippen LogP contribution in [0.15, 0.2) is 35.9 Å². The molecular formula is C25H37F. The Bertz CT molecular complexity index is 548. The summed E-state index contributed by atoms with van der Waals surface area (Å²) in [5.74, 6) is 2.86. The Hall–Kier alpha value is -1.11. The summed E-state index contributed by atoms with van der Waals surface area (Å²) in [6, 6.07) is 7.01. The van der Waals surface area contributed by atoms with Gasteiger partial charge in [-0.05, 0) is 74.0 Å². The lowest BCUT2D eigenvalue weighted by atomic mass is 9.76. The third-order valence-corrected chi connectivity index (χ3v) is 6.91. The van der Waals surface area contributed by atoms with Crippen molar-refractivity contribution in [3.8, 4) is 0 Å². The average molecular weight is 357 g/mol. The number of allylic oxidation sites excluding steroid dienone is 2. The first-order chi connectivity index (χ1) is 12.7. The van der Waals surface area contributed by atoms with Gasteiger partial charge in [0.05, 0.1) is 0 Å². The molecule has 1 saturated carbocycles. The van der Waals surface area contributed by atoms with Gasteiger partial charge in [0.2, 0.25) is 0 Å². The number of benzene rings is 1. The first kappa shape index (κ1) is 19.6. The summed E-state index contributed by atoms with van der Waals surface area (Å²) < 4.78 is 13.0. The number of rotatable bonds is 8. The number of halogens is 1. The second kappa shape index (κ2) is 10.3. The molecule has 2 aliphatic rings. The van der Waals surface area contributed by atoms with E-state index in [1.807, 2.05) is 12.1 Å². The fourth-order valence-electron chi connectivity index (χ4n) is 5.08. The lowest BCUT2D eigenvalue weighted by Crippen LogP contribution is -2.16. The summed E-state index contributed by atoms with van der Waals surface area (Å²) in [7, 11) is 0. The van der Waals surface area contributed by atoms with Crippen molar-refractivity contribution in [3.63, 3.8) is 0 Å². The minimum atomic E-state index is -0.132. The topological polar surface area (TPSA) is 0 Å². The maximum absolute atomic E-state index is 13.0. The van der Waals surface area contributed by atoms with Crippen LogP contribution in [0, 0.1) is 23.6 Å². The zero-order chi connectivity index (χ0) is 18.2. The van der Waals surface area contributed by atoms with Gasteiger partial charge in [0.1, 0.15) is 5.82 Å². The van der Waals surface area contributed by atoms with Crippen molar-refractivity contribution >= 4 is 0 Å². The first-order valence-corrected chi connectivity index (χ1v) is 11.1. The van der Waals surface area contributed by atoms with Gasteiger partial charge in [0, 0.05) is 0 Å². The maximum Gasteiger partial charge on any atom is 0.123 e. The van der Waals surface area contributed by atoms with Gasteiger partial charge in [-0.15, -0.1) is 0 Å². The van der Waals surface area contributed by atoms with E-state index < -0.39 is 0 Å². The standard InChI is InChI=1S/C25H37F/c1-2-3-20-4-6-21(7-5-20)8-9-22-10-12-23(13-11-22)14-15-24-16-18-25(26)19-17-24/h12,16-22H,2-11,13-15H2,1H3/t20-,21-,22?. The smallest absolute Gasteiger partial charge is 0.123 e. The van der Waals surface area contributed by atoms with Crippen LogP contribution in [0.5, 0.6) is 0 Å². The molecule has 1 aromatic carbocycles. The van der Waals surface area contributed by atoms with Gasteiger partial charge in [-0.2, -0.15) is 0 Å². The van der Waals surface area contributed by atoms with Gasteiger partial charge in [-0.25, -0.2) is 4.39 Å². The molecule has 0 aromatic heterocycles. The van der Waals surface area contributed by atoms with Crippen molar-refractivity contribution in [3.05, 3.63) is 47.3 Å². The highest BCUT2D eigenvalue weighted by Crippen LogP contribution is 2.36. The first-order valence-electron chi connectivity index (χ1n) is 11.1. The molecule has 1 fully saturated rings. The van der Waals surface area contributed by atoms with Crippen molar-refractivity contribution < 1.29 is 4.39 Å². The molecule has 144 valence electrons. The van der Waals surface area contributed by atoms with Crippen LogP contribution in [-0.2, 0) is 6.42 Å². The average Bonchev–Trinajstić information content (AvgIpc) is 2.68. The highest BCUT2D eigenvalue weighted by Gasteiger charge is 2.22. The lowest BCUT2D eigenvalue weighted by molar-refractivity contribution is 0.236. The quantitative estimate of drug-likeness (QED) is 0.416. The molecule has 0 heterocycles. The Labute approximate surface area is 160 Å². The molecule has 0 aliphatic heterocycles. The van der Waals surface area contributed by atoms with Crippen LogP contribution in [0.1, 0.15) is 89.5 Å². The molecular weight excluding hydrogens is 319 g/mol. The Morgan fingerprint density at radius 1 is 0.808 bits per heavy atom. The molecule has 3 rings (SSSR count). The van der Waals surface area contributed by atoms with E-state index in [0.717, 1.165) is 30.6 Å². The minimum absolute atomic E-state index is 0.132. The molecule has 0 N–H and O–H groups in total. The predicted octanol–water partition coefficient (Wildman–Crippen LogP) is 7.87. The van der Waals surface area contributed by atoms with Crippen molar-refractivity contribution in [2.75, 3.05) is 0 Å². The third-order valence-electron chi connectivity index (χ3n) is 6.91. The molecule has 1 aromatic rings. The summed E-state index contributed by atoms with van der Waals surface area (Å²) in [5.41, 5.74) is 2.89. The molecule has 0 nitrogen and oxygen atoms in total. The molecule has 1 unspecified atom stereocenters. The Balaban J connectivity index is 1.32. The van der Waals surface area contributed by atoms with Crippen LogP contribution in [0.2, 0.25) is 0 Å². The fourth-order valence-corrected chi connectivity index (χ4v) is 5.08. The van der Waals surface area contributed by atoms with Crippen LogP contribution in [-0.4, -0.2) is 0 Å². The van der Waals surface area contributed by atoms with E-state index in [9.17, 15) is 4.39 Å². The highest BCUT2D eigenvalue weighted by molar-refractivity contribution is 5.18. The van der Waals surface area contributed by atoms with Gasteiger partial charge in [-0.3, -0.25) is 0 Å². The highest BCUT2D eigenvalue weighted by atomic mass is 19.1. The number of hydrogen-bond donors (Lipinski definition) is 0. The van der Waals surface area contributed by atoms with Crippen molar-refractivity contribution in [1.82, 2.24) is 0 Å². The molecule has 26 heavy (non-hydrogen) atoms. The molecule has 2 aliphatic carbocycles. The molecule has 0 bridgehead atoms. The van der Waals surface area contributed by atoms with Crippen LogP contribution >= 0.6 is 0 Å². The molecule has 0 radical (unpaired) electrons. The minimum Gasteiger partial charge on any atom is -0.207 e. The zero-order valence-corrected chi connectivity index (χ0v) is 16.7. The maximum atomic E-state index is 13.0. The van der Waals surface area contributed by atoms with Crippen molar-refractivity contribution in [2.24, 2.45) is 17.8 Å². The van der Waals surface area contributed by atoms with Gasteiger partial charge >= 0.3 is 0 Å². The van der Waals surface area contributed by atoms with E-state index in [2.05, 4.69) is 13.0 Å². The van der Waals surface area contributed by atoms with Crippen LogP contribution < -0.4 is 0 Å². The monoisotopic (exact) mass is 356 g/mol. The zero-order valence-electron chi connectivity index (χ0n) is 16.7. The van der Waals surface area contributed by atoms with E-state index in [1.54, 1.807) is 17.7 Å². The number of hydrogen-bond acceptors (Lipinski definition) is 0. The summed E-state index contributed by atoms with van der Waals surface area (Å²) in [5, 5.41) is 0.